The highest BCUT2D eigenvalue weighted by molar-refractivity contribution is 7.49. The molecule has 1 rings (SSSR count). The maximum Gasteiger partial charge on any atom is 0.356 e. The second kappa shape index (κ2) is 9.45. The molecule has 0 bridgehead atoms. The number of methoxy groups -OCH3 is 1. The fraction of sp³-hybridized carbons (Fsp3) is 0.429. The van der Waals surface area contributed by atoms with E-state index in [1.54, 1.807) is 44.2 Å². The Balaban J connectivity index is 2.86. The number of esters is 2. The molecule has 0 saturated heterocycles. The van der Waals surface area contributed by atoms with E-state index in [4.69, 9.17) is 13.8 Å². The summed E-state index contributed by atoms with van der Waals surface area (Å²) >= 11 is 0. The van der Waals surface area contributed by atoms with E-state index >= 15 is 0 Å². The van der Waals surface area contributed by atoms with Gasteiger partial charge in [0, 0.05) is 0 Å². The number of carbonyl (C=O) groups is 2. The topological polar surface area (TPSA) is 71.1 Å². The average molecular weight is 314 g/mol. The van der Waals surface area contributed by atoms with E-state index in [1.807, 2.05) is 0 Å². The summed E-state index contributed by atoms with van der Waals surface area (Å²) < 4.78 is 20.6. The van der Waals surface area contributed by atoms with Crippen LogP contribution in [0, 0.1) is 0 Å². The molecule has 0 spiro atoms. The highest BCUT2D eigenvalue weighted by Crippen LogP contribution is 2.45. The predicted octanol–water partition coefficient (Wildman–Crippen LogP) is 2.73. The van der Waals surface area contributed by atoms with Crippen molar-refractivity contribution in [1.82, 2.24) is 0 Å². The van der Waals surface area contributed by atoms with Crippen molar-refractivity contribution >= 4 is 20.3 Å². The third-order valence-electron chi connectivity index (χ3n) is 2.34. The summed E-state index contributed by atoms with van der Waals surface area (Å²) in [4.78, 5) is 23.9. The Morgan fingerprint density at radius 1 is 1.10 bits per heavy atom. The van der Waals surface area contributed by atoms with Crippen molar-refractivity contribution in [1.29, 1.82) is 0 Å². The average Bonchev–Trinajstić information content (AvgIpc) is 2.52. The molecule has 0 aliphatic heterocycles. The molecule has 0 N–H and O–H groups in total. The number of carbonyl (C=O) groups excluding carboxylic acids is 2. The van der Waals surface area contributed by atoms with E-state index < -0.39 is 26.2 Å². The molecule has 0 heterocycles. The molecule has 0 aromatic heterocycles. The molecule has 0 fully saturated rings. The zero-order valence-corrected chi connectivity index (χ0v) is 13.2. The van der Waals surface area contributed by atoms with E-state index in [-0.39, 0.29) is 0 Å². The van der Waals surface area contributed by atoms with E-state index in [1.165, 1.54) is 7.11 Å². The summed E-state index contributed by atoms with van der Waals surface area (Å²) in [5.74, 6) is -2.54. The van der Waals surface area contributed by atoms with Crippen LogP contribution in [0.1, 0.15) is 24.2 Å². The van der Waals surface area contributed by atoms with Gasteiger partial charge in [-0.05, 0) is 26.0 Å². The molecule has 6 nitrogen and oxygen atoms in total. The second-order valence-electron chi connectivity index (χ2n) is 3.77. The van der Waals surface area contributed by atoms with Crippen molar-refractivity contribution in [3.05, 3.63) is 35.9 Å². The lowest BCUT2D eigenvalue weighted by Crippen LogP contribution is -2.28. The predicted molar refractivity (Wildman–Crippen MR) is 77.8 cm³/mol. The summed E-state index contributed by atoms with van der Waals surface area (Å²) in [5, 5.41) is 0. The first-order chi connectivity index (χ1) is 10.1. The number of ether oxygens (including phenoxy) is 2. The molecule has 21 heavy (non-hydrogen) atoms. The summed E-state index contributed by atoms with van der Waals surface area (Å²) in [7, 11) is -0.491. The lowest BCUT2D eigenvalue weighted by atomic mass is 10.2. The van der Waals surface area contributed by atoms with Crippen molar-refractivity contribution in [3.63, 3.8) is 0 Å². The van der Waals surface area contributed by atoms with Gasteiger partial charge in [0.05, 0.1) is 25.9 Å². The quantitative estimate of drug-likeness (QED) is 0.543. The van der Waals surface area contributed by atoms with Crippen LogP contribution in [0.15, 0.2) is 30.3 Å². The van der Waals surface area contributed by atoms with Gasteiger partial charge in [-0.15, -0.1) is 0 Å². The van der Waals surface area contributed by atoms with Gasteiger partial charge >= 0.3 is 11.9 Å². The normalized spacial score (nSPS) is 12.0. The standard InChI is InChI=1S/C14H19O6P/c1-4-18-21(19-5-2)14(13(16)17-3)20-12(15)11-9-7-6-8-10-11/h6-10,14H,4-5H2,1-3H3. The molecule has 0 aliphatic rings. The minimum atomic E-state index is -1.71. The maximum absolute atomic E-state index is 12.1. The Morgan fingerprint density at radius 2 is 1.67 bits per heavy atom. The number of hydrogen-bond acceptors (Lipinski definition) is 6. The van der Waals surface area contributed by atoms with E-state index in [0.717, 1.165) is 0 Å². The van der Waals surface area contributed by atoms with Gasteiger partial charge in [0.1, 0.15) is 0 Å². The van der Waals surface area contributed by atoms with Gasteiger partial charge in [-0.1, -0.05) is 18.2 Å². The lowest BCUT2D eigenvalue weighted by Gasteiger charge is -2.23. The van der Waals surface area contributed by atoms with E-state index in [9.17, 15) is 9.59 Å². The first kappa shape index (κ1) is 17.6. The monoisotopic (exact) mass is 314 g/mol. The Hall–Kier alpha value is -1.49. The molecule has 0 amide bonds. The maximum atomic E-state index is 12.1. The Kier molecular flexibility index (Phi) is 7.90. The highest BCUT2D eigenvalue weighted by atomic mass is 31.2. The molecule has 1 aromatic carbocycles. The Bertz CT molecular complexity index is 444. The SMILES string of the molecule is CCOP(OCC)C(OC(=O)c1ccccc1)C(=O)OC. The van der Waals surface area contributed by atoms with Crippen LogP contribution in [-0.4, -0.2) is 38.1 Å². The largest absolute Gasteiger partial charge is 0.466 e. The highest BCUT2D eigenvalue weighted by Gasteiger charge is 2.36. The van der Waals surface area contributed by atoms with Crippen LogP contribution in [-0.2, 0) is 23.3 Å². The molecule has 7 heteroatoms. The molecule has 0 saturated carbocycles. The van der Waals surface area contributed by atoms with Crippen molar-refractivity contribution in [2.45, 2.75) is 19.7 Å². The second-order valence-corrected chi connectivity index (χ2v) is 5.32. The summed E-state index contributed by atoms with van der Waals surface area (Å²) in [6.07, 6.45) is 0. The van der Waals surface area contributed by atoms with Crippen LogP contribution in [0.3, 0.4) is 0 Å². The fourth-order valence-electron chi connectivity index (χ4n) is 1.45. The van der Waals surface area contributed by atoms with Crippen molar-refractivity contribution < 1.29 is 28.1 Å². The van der Waals surface area contributed by atoms with Gasteiger partial charge < -0.3 is 18.5 Å². The van der Waals surface area contributed by atoms with Crippen LogP contribution in [0.5, 0.6) is 0 Å². The lowest BCUT2D eigenvalue weighted by molar-refractivity contribution is -0.147. The van der Waals surface area contributed by atoms with Gasteiger partial charge in [0.2, 0.25) is 8.38 Å². The van der Waals surface area contributed by atoms with Gasteiger partial charge in [-0.2, -0.15) is 0 Å². The van der Waals surface area contributed by atoms with Gasteiger partial charge in [-0.25, -0.2) is 9.59 Å². The van der Waals surface area contributed by atoms with Crippen LogP contribution >= 0.6 is 8.38 Å². The first-order valence-electron chi connectivity index (χ1n) is 6.52. The molecular formula is C14H19O6P. The first-order valence-corrected chi connectivity index (χ1v) is 7.77. The van der Waals surface area contributed by atoms with Crippen molar-refractivity contribution in [3.8, 4) is 0 Å². The molecule has 1 atom stereocenters. The minimum absolute atomic E-state index is 0.335. The summed E-state index contributed by atoms with van der Waals surface area (Å²) in [5.41, 5.74) is 0.342. The van der Waals surface area contributed by atoms with Crippen LogP contribution in [0.25, 0.3) is 0 Å². The Labute approximate surface area is 125 Å². The van der Waals surface area contributed by atoms with Crippen LogP contribution in [0.2, 0.25) is 0 Å². The smallest absolute Gasteiger partial charge is 0.356 e. The zero-order valence-electron chi connectivity index (χ0n) is 12.3. The molecular weight excluding hydrogens is 295 g/mol. The van der Waals surface area contributed by atoms with Gasteiger partial charge in [0.15, 0.2) is 0 Å². The van der Waals surface area contributed by atoms with Crippen LogP contribution < -0.4 is 0 Å². The Morgan fingerprint density at radius 3 is 2.14 bits per heavy atom. The van der Waals surface area contributed by atoms with Gasteiger partial charge in [-0.3, -0.25) is 0 Å². The molecule has 0 radical (unpaired) electrons. The zero-order chi connectivity index (χ0) is 15.7. The number of benzene rings is 1. The molecule has 1 unspecified atom stereocenters. The van der Waals surface area contributed by atoms with Crippen molar-refractivity contribution in [2.75, 3.05) is 20.3 Å². The van der Waals surface area contributed by atoms with Gasteiger partial charge in [0.25, 0.3) is 5.85 Å². The van der Waals surface area contributed by atoms with Crippen molar-refractivity contribution in [2.24, 2.45) is 0 Å². The van der Waals surface area contributed by atoms with Crippen LogP contribution in [0.4, 0.5) is 0 Å². The molecule has 0 aliphatic carbocycles. The third-order valence-corrected chi connectivity index (χ3v) is 4.06. The third kappa shape index (κ3) is 5.42. The minimum Gasteiger partial charge on any atom is -0.466 e. The van der Waals surface area contributed by atoms with E-state index in [2.05, 4.69) is 4.74 Å². The fourth-order valence-corrected chi connectivity index (χ4v) is 2.76. The molecule has 116 valence electrons. The summed E-state index contributed by atoms with van der Waals surface area (Å²) in [6.45, 7) is 4.20. The number of hydrogen-bond donors (Lipinski definition) is 0. The summed E-state index contributed by atoms with van der Waals surface area (Å²) in [6, 6.07) is 8.39. The number of rotatable bonds is 8. The van der Waals surface area contributed by atoms with E-state index in [0.29, 0.717) is 18.8 Å². The molecule has 1 aromatic rings.